The molecule has 148 valence electrons. The predicted molar refractivity (Wildman–Crippen MR) is 109 cm³/mol. The van der Waals surface area contributed by atoms with E-state index in [9.17, 15) is 14.0 Å². The number of nitrogens with zero attached hydrogens (tertiary/aromatic N) is 4. The van der Waals surface area contributed by atoms with Crippen molar-refractivity contribution in [3.05, 3.63) is 87.6 Å². The van der Waals surface area contributed by atoms with Crippen LogP contribution >= 0.6 is 11.6 Å². The minimum atomic E-state index is -0.439. The van der Waals surface area contributed by atoms with Gasteiger partial charge in [0, 0.05) is 31.7 Å². The van der Waals surface area contributed by atoms with Crippen molar-refractivity contribution in [3.63, 3.8) is 0 Å². The summed E-state index contributed by atoms with van der Waals surface area (Å²) in [4.78, 5) is 28.8. The standard InChI is InChI=1S/C21H18ClFN4O2/c22-19-18(14-24-27(21(19)29)17-7-2-1-3-8-17)25-9-11-26(12-10-25)20(28)15-5-4-6-16(23)13-15/h1-8,13-14H,9-12H2. The molecule has 8 heteroatoms. The number of carbonyl (C=O) groups is 1. The second kappa shape index (κ2) is 8.05. The van der Waals surface area contributed by atoms with Gasteiger partial charge >= 0.3 is 0 Å². The number of benzene rings is 2. The molecule has 0 unspecified atom stereocenters. The van der Waals surface area contributed by atoms with Crippen molar-refractivity contribution >= 4 is 23.2 Å². The fourth-order valence-corrected chi connectivity index (χ4v) is 3.60. The zero-order chi connectivity index (χ0) is 20.4. The van der Waals surface area contributed by atoms with Crippen LogP contribution in [-0.4, -0.2) is 46.8 Å². The normalized spacial score (nSPS) is 14.1. The van der Waals surface area contributed by atoms with Crippen LogP contribution < -0.4 is 10.5 Å². The summed E-state index contributed by atoms with van der Waals surface area (Å²) in [5.41, 5.74) is 1.11. The third-order valence-electron chi connectivity index (χ3n) is 4.88. The van der Waals surface area contributed by atoms with Crippen LogP contribution in [0.2, 0.25) is 5.02 Å². The topological polar surface area (TPSA) is 58.4 Å². The van der Waals surface area contributed by atoms with Gasteiger partial charge in [-0.15, -0.1) is 0 Å². The predicted octanol–water partition coefficient (Wildman–Crippen LogP) is 2.99. The summed E-state index contributed by atoms with van der Waals surface area (Å²) < 4.78 is 14.6. The number of amides is 1. The molecule has 0 saturated carbocycles. The lowest BCUT2D eigenvalue weighted by molar-refractivity contribution is 0.0746. The smallest absolute Gasteiger partial charge is 0.292 e. The van der Waals surface area contributed by atoms with Crippen molar-refractivity contribution in [2.75, 3.05) is 31.1 Å². The van der Waals surface area contributed by atoms with Crippen LogP contribution in [0.25, 0.3) is 5.69 Å². The van der Waals surface area contributed by atoms with Gasteiger partial charge in [0.05, 0.1) is 17.6 Å². The molecule has 0 N–H and O–H groups in total. The first-order chi connectivity index (χ1) is 14.0. The Kier molecular flexibility index (Phi) is 5.31. The van der Waals surface area contributed by atoms with E-state index >= 15 is 0 Å². The van der Waals surface area contributed by atoms with Gasteiger partial charge in [0.2, 0.25) is 0 Å². The Hall–Kier alpha value is -3.19. The number of piperazine rings is 1. The summed E-state index contributed by atoms with van der Waals surface area (Å²) in [6.45, 7) is 1.87. The average molecular weight is 413 g/mol. The summed E-state index contributed by atoms with van der Waals surface area (Å²) >= 11 is 6.36. The molecule has 0 bridgehead atoms. The second-order valence-electron chi connectivity index (χ2n) is 6.69. The summed E-state index contributed by atoms with van der Waals surface area (Å²) in [5, 5.41) is 4.34. The van der Waals surface area contributed by atoms with Crippen molar-refractivity contribution in [2.45, 2.75) is 0 Å². The van der Waals surface area contributed by atoms with E-state index in [0.717, 1.165) is 0 Å². The van der Waals surface area contributed by atoms with Gasteiger partial charge in [0.25, 0.3) is 11.5 Å². The van der Waals surface area contributed by atoms with Crippen molar-refractivity contribution in [2.24, 2.45) is 0 Å². The first-order valence-corrected chi connectivity index (χ1v) is 9.55. The molecule has 29 heavy (non-hydrogen) atoms. The van der Waals surface area contributed by atoms with E-state index in [2.05, 4.69) is 5.10 Å². The van der Waals surface area contributed by atoms with Crippen LogP contribution in [0.5, 0.6) is 0 Å². The Morgan fingerprint density at radius 3 is 2.41 bits per heavy atom. The Morgan fingerprint density at radius 2 is 1.72 bits per heavy atom. The Balaban J connectivity index is 1.50. The minimum Gasteiger partial charge on any atom is -0.365 e. The highest BCUT2D eigenvalue weighted by Crippen LogP contribution is 2.23. The largest absolute Gasteiger partial charge is 0.365 e. The van der Waals surface area contributed by atoms with Gasteiger partial charge in [0.15, 0.2) is 0 Å². The summed E-state index contributed by atoms with van der Waals surface area (Å²) in [6, 6.07) is 14.7. The van der Waals surface area contributed by atoms with Gasteiger partial charge in [-0.25, -0.2) is 4.39 Å². The number of hydrogen-bond acceptors (Lipinski definition) is 4. The van der Waals surface area contributed by atoms with E-state index in [-0.39, 0.29) is 10.9 Å². The van der Waals surface area contributed by atoms with Crippen LogP contribution in [-0.2, 0) is 0 Å². The van der Waals surface area contributed by atoms with Crippen molar-refractivity contribution < 1.29 is 9.18 Å². The second-order valence-corrected chi connectivity index (χ2v) is 7.06. The van der Waals surface area contributed by atoms with E-state index in [4.69, 9.17) is 11.6 Å². The van der Waals surface area contributed by atoms with Crippen LogP contribution in [0.15, 0.2) is 65.6 Å². The molecule has 0 atom stereocenters. The maximum Gasteiger partial charge on any atom is 0.292 e. The highest BCUT2D eigenvalue weighted by molar-refractivity contribution is 6.33. The molecule has 6 nitrogen and oxygen atoms in total. The first-order valence-electron chi connectivity index (χ1n) is 9.17. The Morgan fingerprint density at radius 1 is 1.00 bits per heavy atom. The van der Waals surface area contributed by atoms with Gasteiger partial charge in [0.1, 0.15) is 10.8 Å². The molecule has 1 aliphatic rings. The fourth-order valence-electron chi connectivity index (χ4n) is 3.35. The summed E-state index contributed by atoms with van der Waals surface area (Å²) in [5.74, 6) is -0.654. The first kappa shape index (κ1) is 19.1. The zero-order valence-electron chi connectivity index (χ0n) is 15.5. The SMILES string of the molecule is O=C(c1cccc(F)c1)N1CCN(c2cnn(-c3ccccc3)c(=O)c2Cl)CC1. The quantitative estimate of drug-likeness (QED) is 0.663. The molecule has 3 aromatic rings. The highest BCUT2D eigenvalue weighted by atomic mass is 35.5. The molecule has 1 saturated heterocycles. The molecule has 2 aromatic carbocycles. The molecule has 0 radical (unpaired) electrons. The number of halogens is 2. The van der Waals surface area contributed by atoms with Crippen molar-refractivity contribution in [3.8, 4) is 5.69 Å². The maximum atomic E-state index is 13.4. The van der Waals surface area contributed by atoms with E-state index in [1.54, 1.807) is 29.3 Å². The molecule has 0 aliphatic carbocycles. The lowest BCUT2D eigenvalue weighted by Crippen LogP contribution is -2.49. The van der Waals surface area contributed by atoms with Crippen molar-refractivity contribution in [1.29, 1.82) is 0 Å². The summed E-state index contributed by atoms with van der Waals surface area (Å²) in [6.07, 6.45) is 1.57. The van der Waals surface area contributed by atoms with Gasteiger partial charge < -0.3 is 9.80 Å². The lowest BCUT2D eigenvalue weighted by Gasteiger charge is -2.36. The number of para-hydroxylation sites is 1. The van der Waals surface area contributed by atoms with Crippen molar-refractivity contribution in [1.82, 2.24) is 14.7 Å². The molecule has 1 fully saturated rings. The average Bonchev–Trinajstić information content (AvgIpc) is 2.76. The van der Waals surface area contributed by atoms with E-state index < -0.39 is 11.4 Å². The molecular weight excluding hydrogens is 395 g/mol. The van der Waals surface area contributed by atoms with Gasteiger partial charge in [-0.2, -0.15) is 9.78 Å². The molecule has 4 rings (SSSR count). The van der Waals surface area contributed by atoms with Crippen LogP contribution in [0.1, 0.15) is 10.4 Å². The Labute approximate surface area is 171 Å². The van der Waals surface area contributed by atoms with E-state index in [1.807, 2.05) is 23.1 Å². The Bertz CT molecular complexity index is 1100. The van der Waals surface area contributed by atoms with E-state index in [0.29, 0.717) is 43.1 Å². The van der Waals surface area contributed by atoms with Crippen LogP contribution in [0.3, 0.4) is 0 Å². The number of carbonyl (C=O) groups excluding carboxylic acids is 1. The third kappa shape index (κ3) is 3.86. The summed E-state index contributed by atoms with van der Waals surface area (Å²) in [7, 11) is 0. The molecular formula is C21H18ClFN4O2. The zero-order valence-corrected chi connectivity index (χ0v) is 16.2. The van der Waals surface area contributed by atoms with Gasteiger partial charge in [-0.05, 0) is 30.3 Å². The maximum absolute atomic E-state index is 13.4. The minimum absolute atomic E-state index is 0.0914. The van der Waals surface area contributed by atoms with Crippen LogP contribution in [0.4, 0.5) is 10.1 Å². The number of anilines is 1. The third-order valence-corrected chi connectivity index (χ3v) is 5.24. The molecule has 1 aliphatic heterocycles. The van der Waals surface area contributed by atoms with Gasteiger partial charge in [-0.1, -0.05) is 35.9 Å². The number of hydrogen-bond donors (Lipinski definition) is 0. The molecule has 1 amide bonds. The van der Waals surface area contributed by atoms with E-state index in [1.165, 1.54) is 22.9 Å². The molecule has 0 spiro atoms. The highest BCUT2D eigenvalue weighted by Gasteiger charge is 2.25. The van der Waals surface area contributed by atoms with Crippen LogP contribution in [0, 0.1) is 5.82 Å². The fraction of sp³-hybridized carbons (Fsp3) is 0.190. The lowest BCUT2D eigenvalue weighted by atomic mass is 10.1. The number of rotatable bonds is 3. The molecule has 2 heterocycles. The monoisotopic (exact) mass is 412 g/mol. The number of aromatic nitrogens is 2. The molecule has 1 aromatic heterocycles. The van der Waals surface area contributed by atoms with Gasteiger partial charge in [-0.3, -0.25) is 9.59 Å².